The van der Waals surface area contributed by atoms with Crippen LogP contribution in [0.25, 0.3) is 0 Å². The molecule has 5 heteroatoms. The van der Waals surface area contributed by atoms with E-state index in [9.17, 15) is 0 Å². The number of unbranched alkanes of at least 4 members (excludes halogenated alkanes) is 2. The molecular formula is C12H21N3O2. The van der Waals surface area contributed by atoms with Gasteiger partial charge < -0.3 is 9.26 Å². The third-order valence-corrected chi connectivity index (χ3v) is 3.06. The summed E-state index contributed by atoms with van der Waals surface area (Å²) in [5.74, 6) is 1.29. The lowest BCUT2D eigenvalue weighted by Crippen LogP contribution is -2.39. The molecule has 0 saturated carbocycles. The SMILES string of the molecule is CCCCCN1CCOC(c2noc(C)n2)C1. The minimum absolute atomic E-state index is 0.0252. The zero-order chi connectivity index (χ0) is 12.1. The van der Waals surface area contributed by atoms with E-state index in [0.29, 0.717) is 11.7 Å². The minimum atomic E-state index is -0.0252. The zero-order valence-corrected chi connectivity index (χ0v) is 10.7. The molecule has 2 rings (SSSR count). The van der Waals surface area contributed by atoms with Crippen LogP contribution in [0.2, 0.25) is 0 Å². The normalized spacial score (nSPS) is 21.9. The Morgan fingerprint density at radius 2 is 2.29 bits per heavy atom. The Kier molecular flexibility index (Phi) is 4.50. The van der Waals surface area contributed by atoms with E-state index in [1.54, 1.807) is 6.92 Å². The van der Waals surface area contributed by atoms with Crippen LogP contribution in [0.4, 0.5) is 0 Å². The van der Waals surface area contributed by atoms with E-state index >= 15 is 0 Å². The summed E-state index contributed by atoms with van der Waals surface area (Å²) in [6, 6.07) is 0. The van der Waals surface area contributed by atoms with Crippen molar-refractivity contribution in [1.82, 2.24) is 15.0 Å². The molecule has 0 spiro atoms. The van der Waals surface area contributed by atoms with Crippen LogP contribution >= 0.6 is 0 Å². The largest absolute Gasteiger partial charge is 0.367 e. The fourth-order valence-corrected chi connectivity index (χ4v) is 2.09. The third kappa shape index (κ3) is 3.51. The number of morpholine rings is 1. The Balaban J connectivity index is 1.84. The fourth-order valence-electron chi connectivity index (χ4n) is 2.09. The van der Waals surface area contributed by atoms with Crippen LogP contribution in [0.5, 0.6) is 0 Å². The minimum Gasteiger partial charge on any atom is -0.367 e. The molecular weight excluding hydrogens is 218 g/mol. The van der Waals surface area contributed by atoms with Crippen LogP contribution in [-0.2, 0) is 4.74 Å². The van der Waals surface area contributed by atoms with E-state index in [4.69, 9.17) is 9.26 Å². The summed E-state index contributed by atoms with van der Waals surface area (Å²) in [6.45, 7) is 7.82. The van der Waals surface area contributed by atoms with Crippen molar-refractivity contribution in [2.45, 2.75) is 39.2 Å². The maximum Gasteiger partial charge on any atom is 0.223 e. The smallest absolute Gasteiger partial charge is 0.223 e. The van der Waals surface area contributed by atoms with Gasteiger partial charge in [-0.05, 0) is 13.0 Å². The van der Waals surface area contributed by atoms with Crippen molar-refractivity contribution in [2.75, 3.05) is 26.2 Å². The van der Waals surface area contributed by atoms with Gasteiger partial charge in [-0.2, -0.15) is 4.98 Å². The molecule has 1 saturated heterocycles. The average Bonchev–Trinajstić information content (AvgIpc) is 2.77. The molecule has 1 aromatic rings. The van der Waals surface area contributed by atoms with Crippen LogP contribution in [0.15, 0.2) is 4.52 Å². The predicted octanol–water partition coefficient (Wildman–Crippen LogP) is 1.94. The van der Waals surface area contributed by atoms with Gasteiger partial charge in [-0.15, -0.1) is 0 Å². The first-order chi connectivity index (χ1) is 8.29. The van der Waals surface area contributed by atoms with E-state index < -0.39 is 0 Å². The van der Waals surface area contributed by atoms with Gasteiger partial charge in [0.1, 0.15) is 6.10 Å². The average molecular weight is 239 g/mol. The Bertz CT molecular complexity index is 340. The van der Waals surface area contributed by atoms with E-state index in [0.717, 1.165) is 26.2 Å². The van der Waals surface area contributed by atoms with Gasteiger partial charge in [0, 0.05) is 20.0 Å². The Hall–Kier alpha value is -0.940. The maximum atomic E-state index is 5.69. The van der Waals surface area contributed by atoms with Crippen molar-refractivity contribution in [3.8, 4) is 0 Å². The van der Waals surface area contributed by atoms with Gasteiger partial charge in [0.15, 0.2) is 0 Å². The molecule has 1 aliphatic rings. The first-order valence-corrected chi connectivity index (χ1v) is 6.43. The Morgan fingerprint density at radius 3 is 3.00 bits per heavy atom. The Labute approximate surface area is 102 Å². The van der Waals surface area contributed by atoms with Crippen molar-refractivity contribution >= 4 is 0 Å². The number of hydrogen-bond donors (Lipinski definition) is 0. The van der Waals surface area contributed by atoms with Crippen molar-refractivity contribution < 1.29 is 9.26 Å². The van der Waals surface area contributed by atoms with Gasteiger partial charge in [0.25, 0.3) is 0 Å². The second kappa shape index (κ2) is 6.12. The van der Waals surface area contributed by atoms with Crippen LogP contribution in [0.1, 0.15) is 44.0 Å². The van der Waals surface area contributed by atoms with Gasteiger partial charge in [-0.25, -0.2) is 0 Å². The van der Waals surface area contributed by atoms with Gasteiger partial charge in [0.05, 0.1) is 6.61 Å². The van der Waals surface area contributed by atoms with Gasteiger partial charge in [0.2, 0.25) is 11.7 Å². The van der Waals surface area contributed by atoms with Gasteiger partial charge in [-0.1, -0.05) is 24.9 Å². The second-order valence-corrected chi connectivity index (χ2v) is 4.54. The summed E-state index contributed by atoms with van der Waals surface area (Å²) in [5, 5.41) is 3.93. The monoisotopic (exact) mass is 239 g/mol. The molecule has 1 aromatic heterocycles. The summed E-state index contributed by atoms with van der Waals surface area (Å²) >= 11 is 0. The lowest BCUT2D eigenvalue weighted by atomic mass is 10.2. The maximum absolute atomic E-state index is 5.69. The van der Waals surface area contributed by atoms with Crippen molar-refractivity contribution in [3.63, 3.8) is 0 Å². The Morgan fingerprint density at radius 1 is 1.41 bits per heavy atom. The molecule has 17 heavy (non-hydrogen) atoms. The number of hydrogen-bond acceptors (Lipinski definition) is 5. The lowest BCUT2D eigenvalue weighted by molar-refractivity contribution is -0.0355. The molecule has 0 N–H and O–H groups in total. The molecule has 1 atom stereocenters. The van der Waals surface area contributed by atoms with E-state index in [-0.39, 0.29) is 6.10 Å². The number of rotatable bonds is 5. The highest BCUT2D eigenvalue weighted by Crippen LogP contribution is 2.19. The lowest BCUT2D eigenvalue weighted by Gasteiger charge is -2.31. The summed E-state index contributed by atoms with van der Waals surface area (Å²) in [5.41, 5.74) is 0. The van der Waals surface area contributed by atoms with Crippen LogP contribution in [0.3, 0.4) is 0 Å². The highest BCUT2D eigenvalue weighted by atomic mass is 16.5. The summed E-state index contributed by atoms with van der Waals surface area (Å²) < 4.78 is 10.7. The first kappa shape index (κ1) is 12.5. The van der Waals surface area contributed by atoms with E-state index in [1.165, 1.54) is 19.3 Å². The zero-order valence-electron chi connectivity index (χ0n) is 10.7. The third-order valence-electron chi connectivity index (χ3n) is 3.06. The molecule has 2 heterocycles. The van der Waals surface area contributed by atoms with Crippen LogP contribution in [0, 0.1) is 6.92 Å². The number of nitrogens with zero attached hydrogens (tertiary/aromatic N) is 3. The molecule has 0 radical (unpaired) electrons. The molecule has 1 fully saturated rings. The highest BCUT2D eigenvalue weighted by Gasteiger charge is 2.25. The second-order valence-electron chi connectivity index (χ2n) is 4.54. The topological polar surface area (TPSA) is 51.4 Å². The number of ether oxygens (including phenoxy) is 1. The van der Waals surface area contributed by atoms with Gasteiger partial charge >= 0.3 is 0 Å². The number of aryl methyl sites for hydroxylation is 1. The van der Waals surface area contributed by atoms with Crippen LogP contribution < -0.4 is 0 Å². The molecule has 0 aliphatic carbocycles. The van der Waals surface area contributed by atoms with Gasteiger partial charge in [-0.3, -0.25) is 4.90 Å². The summed E-state index contributed by atoms with van der Waals surface area (Å²) in [7, 11) is 0. The quantitative estimate of drug-likeness (QED) is 0.735. The predicted molar refractivity (Wildman–Crippen MR) is 63.7 cm³/mol. The van der Waals surface area contributed by atoms with Crippen molar-refractivity contribution in [2.24, 2.45) is 0 Å². The van der Waals surface area contributed by atoms with E-state index in [1.807, 2.05) is 0 Å². The molecule has 96 valence electrons. The highest BCUT2D eigenvalue weighted by molar-refractivity contribution is 4.92. The molecule has 1 aliphatic heterocycles. The van der Waals surface area contributed by atoms with Crippen LogP contribution in [-0.4, -0.2) is 41.3 Å². The van der Waals surface area contributed by atoms with Crippen molar-refractivity contribution in [1.29, 1.82) is 0 Å². The van der Waals surface area contributed by atoms with Crippen molar-refractivity contribution in [3.05, 3.63) is 11.7 Å². The first-order valence-electron chi connectivity index (χ1n) is 6.43. The standard InChI is InChI=1S/C12H21N3O2/c1-3-4-5-6-15-7-8-16-11(9-15)12-13-10(2)17-14-12/h11H,3-9H2,1-2H3. The molecule has 0 aromatic carbocycles. The molecule has 5 nitrogen and oxygen atoms in total. The molecule has 1 unspecified atom stereocenters. The molecule has 0 amide bonds. The number of aromatic nitrogens is 2. The molecule has 0 bridgehead atoms. The summed E-state index contributed by atoms with van der Waals surface area (Å²) in [4.78, 5) is 6.66. The fraction of sp³-hybridized carbons (Fsp3) is 0.833. The van der Waals surface area contributed by atoms with E-state index in [2.05, 4.69) is 22.0 Å². The summed E-state index contributed by atoms with van der Waals surface area (Å²) in [6.07, 6.45) is 3.79.